The molecule has 3 aliphatic carbocycles. The number of carbonyl (C=O) groups is 5. The van der Waals surface area contributed by atoms with Gasteiger partial charge in [-0.05, 0) is 60.8 Å². The van der Waals surface area contributed by atoms with Gasteiger partial charge in [-0.2, -0.15) is 0 Å². The summed E-state index contributed by atoms with van der Waals surface area (Å²) < 4.78 is 0. The van der Waals surface area contributed by atoms with Gasteiger partial charge >= 0.3 is 6.03 Å². The van der Waals surface area contributed by atoms with Crippen molar-refractivity contribution in [2.45, 2.75) is 124 Å². The van der Waals surface area contributed by atoms with E-state index in [1.54, 1.807) is 4.90 Å². The number of rotatable bonds is 12. The number of likely N-dealkylation sites (N-methyl/N-ethyl adjacent to an activating group) is 1. The average Bonchev–Trinajstić information content (AvgIpc) is 3.20. The zero-order valence-corrected chi connectivity index (χ0v) is 31.3. The maximum Gasteiger partial charge on any atom is 0.315 e. The molecule has 2 spiro atoms. The predicted octanol–water partition coefficient (Wildman–Crippen LogP) is 2.50. The Labute approximate surface area is 293 Å². The van der Waals surface area contributed by atoms with E-state index in [0.29, 0.717) is 19.4 Å². The van der Waals surface area contributed by atoms with Crippen LogP contribution < -0.4 is 21.7 Å². The summed E-state index contributed by atoms with van der Waals surface area (Å²) in [5.74, 6) is -2.14. The van der Waals surface area contributed by atoms with Crippen molar-refractivity contribution in [2.75, 3.05) is 46.3 Å². The number of Topliss-reactive ketones (excluding diaryl/α,β-unsaturated/α-hetero) is 1. The van der Waals surface area contributed by atoms with Crippen molar-refractivity contribution in [3.8, 4) is 0 Å². The standard InChI is InChI=1S/C37H63N7O5/c1-23(2)26(21-43-17-15-42(8)16-18-43)40-33(49)41-29(34(3,4)5)32(48)44-22-37(35(6,7)36(37)13-10-14-36)20-27(44)31(47)39-25(28(45)30(38)46)19-24-11-9-12-24/h23-27,29H,9-22H2,1-8H3,(H2,38,46)(H,39,47)(H2,40,41,49)/t25?,26-,27+,29-,37-/m1/s1. The summed E-state index contributed by atoms with van der Waals surface area (Å²) in [7, 11) is 2.12. The zero-order valence-electron chi connectivity index (χ0n) is 31.3. The van der Waals surface area contributed by atoms with Gasteiger partial charge in [0.25, 0.3) is 5.91 Å². The van der Waals surface area contributed by atoms with Gasteiger partial charge in [0.2, 0.25) is 17.6 Å². The third-order valence-corrected chi connectivity index (χ3v) is 13.6. The number of urea groups is 1. The normalized spacial score (nSPS) is 28.3. The van der Waals surface area contributed by atoms with Crippen LogP contribution in [0.15, 0.2) is 0 Å². The zero-order chi connectivity index (χ0) is 36.1. The topological polar surface area (TPSA) is 157 Å². The van der Waals surface area contributed by atoms with Crippen LogP contribution in [0.2, 0.25) is 0 Å². The van der Waals surface area contributed by atoms with Gasteiger partial charge in [0.05, 0.1) is 6.04 Å². The number of likely N-dealkylation sites (tertiary alicyclic amines) is 1. The first-order chi connectivity index (χ1) is 22.8. The Balaban J connectivity index is 1.36. The molecule has 5 atom stereocenters. The fourth-order valence-electron chi connectivity index (χ4n) is 9.68. The minimum absolute atomic E-state index is 0.0596. The summed E-state index contributed by atoms with van der Waals surface area (Å²) in [6, 6.07) is -3.23. The van der Waals surface area contributed by atoms with Crippen LogP contribution in [0, 0.1) is 33.5 Å². The van der Waals surface area contributed by atoms with Crippen LogP contribution in [-0.2, 0) is 19.2 Å². The van der Waals surface area contributed by atoms with Crippen LogP contribution in [0.5, 0.6) is 0 Å². The Morgan fingerprint density at radius 3 is 2.00 bits per heavy atom. The van der Waals surface area contributed by atoms with Crippen LogP contribution in [0.25, 0.3) is 0 Å². The highest BCUT2D eigenvalue weighted by atomic mass is 16.2. The summed E-state index contributed by atoms with van der Waals surface area (Å²) >= 11 is 0. The molecule has 12 heteroatoms. The van der Waals surface area contributed by atoms with Gasteiger partial charge in [-0.3, -0.25) is 24.1 Å². The molecule has 49 heavy (non-hydrogen) atoms. The largest absolute Gasteiger partial charge is 0.363 e. The number of carbonyl (C=O) groups excluding carboxylic acids is 5. The number of primary amides is 1. The summed E-state index contributed by atoms with van der Waals surface area (Å²) in [6.45, 7) is 19.5. The number of nitrogens with one attached hydrogen (secondary N) is 3. The average molecular weight is 686 g/mol. The second-order valence-electron chi connectivity index (χ2n) is 18.0. The lowest BCUT2D eigenvalue weighted by Crippen LogP contribution is -2.61. The molecular weight excluding hydrogens is 622 g/mol. The lowest BCUT2D eigenvalue weighted by atomic mass is 9.73. The van der Waals surface area contributed by atoms with Crippen LogP contribution in [0.3, 0.4) is 0 Å². The van der Waals surface area contributed by atoms with Gasteiger partial charge in [-0.1, -0.05) is 74.1 Å². The van der Waals surface area contributed by atoms with E-state index in [2.05, 4.69) is 60.5 Å². The van der Waals surface area contributed by atoms with E-state index in [1.165, 1.54) is 0 Å². The highest BCUT2D eigenvalue weighted by molar-refractivity contribution is 6.37. The van der Waals surface area contributed by atoms with Crippen LogP contribution in [0.4, 0.5) is 4.79 Å². The van der Waals surface area contributed by atoms with E-state index in [1.807, 2.05) is 20.8 Å². The Kier molecular flexibility index (Phi) is 10.5. The molecular formula is C37H63N7O5. The third kappa shape index (κ3) is 6.97. The fourth-order valence-corrected chi connectivity index (χ4v) is 9.68. The molecule has 1 unspecified atom stereocenters. The van der Waals surface area contributed by atoms with Crippen molar-refractivity contribution in [3.05, 3.63) is 0 Å². The molecule has 12 nitrogen and oxygen atoms in total. The Morgan fingerprint density at radius 2 is 1.53 bits per heavy atom. The number of hydrogen-bond donors (Lipinski definition) is 4. The van der Waals surface area contributed by atoms with E-state index in [0.717, 1.165) is 71.2 Å². The summed E-state index contributed by atoms with van der Waals surface area (Å²) in [5.41, 5.74) is 4.54. The third-order valence-electron chi connectivity index (χ3n) is 13.6. The predicted molar refractivity (Wildman–Crippen MR) is 188 cm³/mol. The number of fused-ring (bicyclic) bond motifs is 1. The molecule has 5 amide bonds. The molecule has 5 fully saturated rings. The first-order valence-electron chi connectivity index (χ1n) is 18.8. The Bertz CT molecular complexity index is 1290. The molecule has 0 radical (unpaired) electrons. The Morgan fingerprint density at radius 1 is 0.898 bits per heavy atom. The molecule has 0 aromatic rings. The number of hydrogen-bond acceptors (Lipinski definition) is 7. The monoisotopic (exact) mass is 685 g/mol. The number of piperazine rings is 1. The van der Waals surface area contributed by atoms with Crippen molar-refractivity contribution in [2.24, 2.45) is 39.2 Å². The van der Waals surface area contributed by atoms with E-state index in [4.69, 9.17) is 5.73 Å². The first kappa shape index (κ1) is 37.5. The van der Waals surface area contributed by atoms with Gasteiger partial charge in [0.1, 0.15) is 12.1 Å². The molecule has 5 rings (SSSR count). The molecule has 0 bridgehead atoms. The lowest BCUT2D eigenvalue weighted by molar-refractivity contribution is -0.143. The number of amides is 5. The molecule has 2 saturated heterocycles. The number of nitrogens with zero attached hydrogens (tertiary/aromatic N) is 3. The van der Waals surface area contributed by atoms with Gasteiger partial charge in [0.15, 0.2) is 0 Å². The van der Waals surface area contributed by atoms with Gasteiger partial charge in [-0.15, -0.1) is 0 Å². The maximum atomic E-state index is 14.8. The van der Waals surface area contributed by atoms with Gasteiger partial charge in [-0.25, -0.2) is 4.79 Å². The molecule has 0 aromatic carbocycles. The number of ketones is 1. The van der Waals surface area contributed by atoms with Crippen LogP contribution >= 0.6 is 0 Å². The molecule has 2 aliphatic heterocycles. The lowest BCUT2D eigenvalue weighted by Gasteiger charge is -2.38. The second-order valence-corrected chi connectivity index (χ2v) is 18.0. The smallest absolute Gasteiger partial charge is 0.315 e. The Hall–Kier alpha value is -2.73. The van der Waals surface area contributed by atoms with Gasteiger partial charge < -0.3 is 31.5 Å². The van der Waals surface area contributed by atoms with Crippen LogP contribution in [-0.4, -0.2) is 115 Å². The minimum atomic E-state index is -1.06. The second kappa shape index (κ2) is 13.8. The summed E-state index contributed by atoms with van der Waals surface area (Å²) in [4.78, 5) is 73.9. The van der Waals surface area contributed by atoms with Crippen molar-refractivity contribution < 1.29 is 24.0 Å². The van der Waals surface area contributed by atoms with E-state index in [-0.39, 0.29) is 40.0 Å². The van der Waals surface area contributed by atoms with Crippen molar-refractivity contribution in [1.29, 1.82) is 0 Å². The van der Waals surface area contributed by atoms with Gasteiger partial charge in [0, 0.05) is 50.7 Å². The summed E-state index contributed by atoms with van der Waals surface area (Å²) in [5, 5.41) is 9.10. The maximum absolute atomic E-state index is 14.8. The molecule has 2 heterocycles. The fraction of sp³-hybridized carbons (Fsp3) is 0.865. The quantitative estimate of drug-likeness (QED) is 0.230. The molecule has 3 saturated carbocycles. The molecule has 5 N–H and O–H groups in total. The minimum Gasteiger partial charge on any atom is -0.363 e. The molecule has 0 aromatic heterocycles. The highest BCUT2D eigenvalue weighted by Crippen LogP contribution is 2.88. The van der Waals surface area contributed by atoms with Crippen LogP contribution in [0.1, 0.15) is 99.8 Å². The first-order valence-corrected chi connectivity index (χ1v) is 18.8. The molecule has 276 valence electrons. The van der Waals surface area contributed by atoms with Crippen molar-refractivity contribution in [1.82, 2.24) is 30.7 Å². The van der Waals surface area contributed by atoms with E-state index < -0.39 is 47.2 Å². The summed E-state index contributed by atoms with van der Waals surface area (Å²) in [6.07, 6.45) is 7.06. The number of nitrogens with two attached hydrogens (primary N) is 1. The van der Waals surface area contributed by atoms with E-state index >= 15 is 0 Å². The molecule has 5 aliphatic rings. The van der Waals surface area contributed by atoms with Crippen molar-refractivity contribution in [3.63, 3.8) is 0 Å². The highest BCUT2D eigenvalue weighted by Gasteiger charge is 2.85. The van der Waals surface area contributed by atoms with Crippen molar-refractivity contribution >= 4 is 29.5 Å². The SMILES string of the molecule is CC(C)[C@@H](CN1CCN(C)CC1)NC(=O)N[C@H](C(=O)N1C[C@]2(C[C@H]1C(=O)NC(CC1CCC1)C(=O)C(N)=O)C(C)(C)C21CCC1)C(C)(C)C. The van der Waals surface area contributed by atoms with E-state index in [9.17, 15) is 24.0 Å².